The number of hydrogen-bond acceptors (Lipinski definition) is 8. The predicted molar refractivity (Wildman–Crippen MR) is 113 cm³/mol. The van der Waals surface area contributed by atoms with Crippen LogP contribution in [0.4, 0.5) is 4.79 Å². The standard InChI is InChI=1S/C20H24N6O5/c1-24(2)9-8-21-15(27)11-31-13-7-6-12(10-14(13)30-5)17-22-16-18(23-17)25(3)20(29)26(4)19(16)28/h6-7,10H,8-9,11H2,1-5H3/p+1. The number of benzene rings is 1. The first kappa shape index (κ1) is 22.1. The summed E-state index contributed by atoms with van der Waals surface area (Å²) in [5.41, 5.74) is 0.679. The topological polar surface area (TPSA) is 116 Å². The van der Waals surface area contributed by atoms with Gasteiger partial charge in [0.15, 0.2) is 18.1 Å². The Bertz CT molecular complexity index is 1030. The Kier molecular flexibility index (Phi) is 6.44. The molecular weight excluding hydrogens is 404 g/mol. The molecule has 1 N–H and O–H groups in total. The number of ether oxygens (including phenoxy) is 2. The number of amides is 4. The van der Waals surface area contributed by atoms with Gasteiger partial charge in [-0.05, 0) is 32.3 Å². The van der Waals surface area contributed by atoms with Crippen molar-refractivity contribution in [2.24, 2.45) is 9.98 Å². The predicted octanol–water partition coefficient (Wildman–Crippen LogP) is -0.414. The Labute approximate surface area is 179 Å². The summed E-state index contributed by atoms with van der Waals surface area (Å²) in [5.74, 6) is 0.499. The zero-order chi connectivity index (χ0) is 22.7. The number of aliphatic imine (C=N–C) groups is 2. The highest BCUT2D eigenvalue weighted by Crippen LogP contribution is 2.29. The van der Waals surface area contributed by atoms with Gasteiger partial charge in [0, 0.05) is 18.7 Å². The van der Waals surface area contributed by atoms with Crippen molar-refractivity contribution in [3.63, 3.8) is 0 Å². The van der Waals surface area contributed by atoms with E-state index in [1.807, 2.05) is 19.0 Å². The van der Waals surface area contributed by atoms with Crippen LogP contribution in [0.15, 0.2) is 28.2 Å². The average molecular weight is 429 g/mol. The van der Waals surface area contributed by atoms with Crippen molar-refractivity contribution < 1.29 is 28.4 Å². The van der Waals surface area contributed by atoms with E-state index in [1.165, 1.54) is 25.8 Å². The number of hydrogen-bond donors (Lipinski definition) is 1. The zero-order valence-corrected chi connectivity index (χ0v) is 18.1. The summed E-state index contributed by atoms with van der Waals surface area (Å²) in [5, 5.41) is 2.77. The molecule has 1 aromatic carbocycles. The van der Waals surface area contributed by atoms with Gasteiger partial charge in [-0.2, -0.15) is 14.5 Å². The van der Waals surface area contributed by atoms with Gasteiger partial charge < -0.3 is 19.7 Å². The van der Waals surface area contributed by atoms with Crippen LogP contribution in [0.2, 0.25) is 0 Å². The molecule has 0 atom stereocenters. The fourth-order valence-corrected chi connectivity index (χ4v) is 2.94. The number of nitrogens with zero attached hydrogens (tertiary/aromatic N) is 5. The lowest BCUT2D eigenvalue weighted by Crippen LogP contribution is -2.51. The summed E-state index contributed by atoms with van der Waals surface area (Å²) >= 11 is 0. The van der Waals surface area contributed by atoms with Crippen LogP contribution < -0.4 is 14.8 Å². The Morgan fingerprint density at radius 2 is 1.97 bits per heavy atom. The number of nitrogens with one attached hydrogen (secondary N) is 1. The molecule has 0 saturated heterocycles. The van der Waals surface area contributed by atoms with E-state index in [0.717, 1.165) is 11.4 Å². The molecule has 4 amide bonds. The largest absolute Gasteiger partial charge is 0.493 e. The van der Waals surface area contributed by atoms with Gasteiger partial charge in [-0.3, -0.25) is 4.79 Å². The molecule has 1 aromatic rings. The third-order valence-corrected chi connectivity index (χ3v) is 4.70. The second-order valence-corrected chi connectivity index (χ2v) is 7.23. The first-order valence-electron chi connectivity index (χ1n) is 9.56. The number of imide groups is 1. The molecule has 0 spiro atoms. The fourth-order valence-electron chi connectivity index (χ4n) is 2.94. The summed E-state index contributed by atoms with van der Waals surface area (Å²) in [4.78, 5) is 48.0. The smallest absolute Gasteiger partial charge is 0.446 e. The van der Waals surface area contributed by atoms with Crippen LogP contribution >= 0.6 is 0 Å². The molecule has 0 aromatic heterocycles. The maximum atomic E-state index is 12.3. The van der Waals surface area contributed by atoms with Crippen molar-refractivity contribution in [2.75, 3.05) is 55.0 Å². The normalized spacial score (nSPS) is 15.7. The maximum Gasteiger partial charge on any atom is 0.446 e. The quantitative estimate of drug-likeness (QED) is 0.562. The van der Waals surface area contributed by atoms with Crippen LogP contribution in [0, 0.1) is 0 Å². The monoisotopic (exact) mass is 429 g/mol. The highest BCUT2D eigenvalue weighted by atomic mass is 16.5. The van der Waals surface area contributed by atoms with Crippen molar-refractivity contribution >= 4 is 35.2 Å². The summed E-state index contributed by atoms with van der Waals surface area (Å²) in [6, 6.07) is 4.50. The number of urea groups is 1. The highest BCUT2D eigenvalue weighted by molar-refractivity contribution is 6.70. The van der Waals surface area contributed by atoms with Crippen LogP contribution in [0.25, 0.3) is 0 Å². The van der Waals surface area contributed by atoms with Crippen molar-refractivity contribution in [3.05, 3.63) is 23.8 Å². The molecule has 0 fully saturated rings. The Balaban J connectivity index is 1.75. The minimum absolute atomic E-state index is 0.105. The molecular formula is C20H25N6O5+. The minimum Gasteiger partial charge on any atom is -0.493 e. The number of rotatable bonds is 8. The van der Waals surface area contributed by atoms with Gasteiger partial charge in [-0.15, -0.1) is 0 Å². The van der Waals surface area contributed by atoms with E-state index in [2.05, 4.69) is 15.3 Å². The zero-order valence-electron chi connectivity index (χ0n) is 18.1. The molecule has 0 saturated carbocycles. The van der Waals surface area contributed by atoms with Gasteiger partial charge in [0.05, 0.1) is 21.2 Å². The second-order valence-electron chi connectivity index (χ2n) is 7.23. The number of fused-ring (bicyclic) bond motifs is 1. The fraction of sp³-hybridized carbons (Fsp3) is 0.400. The lowest BCUT2D eigenvalue weighted by Gasteiger charge is -2.15. The van der Waals surface area contributed by atoms with Crippen LogP contribution in [0.1, 0.15) is 5.56 Å². The van der Waals surface area contributed by atoms with Crippen LogP contribution in [0.3, 0.4) is 0 Å². The Morgan fingerprint density at radius 3 is 2.65 bits per heavy atom. The van der Waals surface area contributed by atoms with Crippen LogP contribution in [-0.4, -0.2) is 105 Å². The number of carbonyl (C=O) groups excluding carboxylic acids is 3. The van der Waals surface area contributed by atoms with E-state index in [9.17, 15) is 14.4 Å². The molecule has 2 aliphatic heterocycles. The third-order valence-electron chi connectivity index (χ3n) is 4.70. The number of methoxy groups -OCH3 is 1. The maximum absolute atomic E-state index is 12.3. The van der Waals surface area contributed by atoms with E-state index in [-0.39, 0.29) is 29.9 Å². The van der Waals surface area contributed by atoms with E-state index in [4.69, 9.17) is 9.47 Å². The van der Waals surface area contributed by atoms with Crippen molar-refractivity contribution in [2.45, 2.75) is 0 Å². The van der Waals surface area contributed by atoms with Gasteiger partial charge in [-0.1, -0.05) is 4.99 Å². The third kappa shape index (κ3) is 4.61. The summed E-state index contributed by atoms with van der Waals surface area (Å²) < 4.78 is 12.2. The molecule has 0 unspecified atom stereocenters. The van der Waals surface area contributed by atoms with Gasteiger partial charge in [0.2, 0.25) is 11.5 Å². The van der Waals surface area contributed by atoms with Gasteiger partial charge in [-0.25, -0.2) is 9.59 Å². The van der Waals surface area contributed by atoms with E-state index in [1.54, 1.807) is 18.2 Å². The van der Waals surface area contributed by atoms with Crippen LogP contribution in [-0.2, 0) is 9.59 Å². The molecule has 11 heteroatoms. The molecule has 0 radical (unpaired) electrons. The average Bonchev–Trinajstić information content (AvgIpc) is 3.20. The summed E-state index contributed by atoms with van der Waals surface area (Å²) in [6.07, 6.45) is 0. The second kappa shape index (κ2) is 9.04. The van der Waals surface area contributed by atoms with E-state index < -0.39 is 11.9 Å². The highest BCUT2D eigenvalue weighted by Gasteiger charge is 2.44. The minimum atomic E-state index is -0.510. The van der Waals surface area contributed by atoms with Gasteiger partial charge in [0.25, 0.3) is 5.91 Å². The Morgan fingerprint density at radius 1 is 1.23 bits per heavy atom. The molecule has 11 nitrogen and oxygen atoms in total. The molecule has 31 heavy (non-hydrogen) atoms. The molecule has 2 heterocycles. The summed E-state index contributed by atoms with van der Waals surface area (Å²) in [7, 11) is 8.25. The van der Waals surface area contributed by atoms with Crippen LogP contribution in [0.5, 0.6) is 11.5 Å². The number of amidine groups is 2. The number of carbonyl (C=O) groups is 3. The van der Waals surface area contributed by atoms with Gasteiger partial charge in [0.1, 0.15) is 0 Å². The van der Waals surface area contributed by atoms with Gasteiger partial charge >= 0.3 is 17.8 Å². The van der Waals surface area contributed by atoms with Crippen molar-refractivity contribution in [3.8, 4) is 11.5 Å². The molecule has 0 bridgehead atoms. The number of likely N-dealkylation sites (N-methyl/N-ethyl adjacent to an activating group) is 1. The molecule has 0 aliphatic carbocycles. The summed E-state index contributed by atoms with van der Waals surface area (Å²) in [6.45, 7) is 1.10. The lowest BCUT2D eigenvalue weighted by molar-refractivity contribution is -0.401. The van der Waals surface area contributed by atoms with E-state index in [0.29, 0.717) is 23.6 Å². The van der Waals surface area contributed by atoms with Crippen molar-refractivity contribution in [1.29, 1.82) is 0 Å². The molecule has 164 valence electrons. The lowest BCUT2D eigenvalue weighted by atomic mass is 10.2. The first-order chi connectivity index (χ1) is 14.7. The Hall–Kier alpha value is -3.60. The first-order valence-corrected chi connectivity index (χ1v) is 9.56. The molecule has 3 rings (SSSR count). The molecule has 2 aliphatic rings. The van der Waals surface area contributed by atoms with Crippen molar-refractivity contribution in [1.82, 2.24) is 15.1 Å². The van der Waals surface area contributed by atoms with E-state index >= 15 is 0 Å². The SMILES string of the molecule is COc1cc(C2=NC3=[N+](C)C(=O)N(C)C(=O)C3=N2)ccc1OCC(=O)NCCN(C)C.